The topological polar surface area (TPSA) is 23.1 Å². The molecule has 2 rings (SSSR count). The molecule has 0 saturated carbocycles. The number of hydrogen-bond acceptors (Lipinski definition) is 1. The van der Waals surface area contributed by atoms with E-state index in [2.05, 4.69) is 24.3 Å². The van der Waals surface area contributed by atoms with E-state index in [-0.39, 0.29) is 35.8 Å². The molecule has 1 nitrogen and oxygen atoms in total. The molecule has 0 fully saturated rings. The van der Waals surface area contributed by atoms with E-state index >= 15 is 0 Å². The summed E-state index contributed by atoms with van der Waals surface area (Å²) in [6, 6.07) is 0. The Hall–Kier alpha value is -0.366. The van der Waals surface area contributed by atoms with Gasteiger partial charge in [-0.25, -0.2) is 24.3 Å². The summed E-state index contributed by atoms with van der Waals surface area (Å²) in [4.78, 5) is 0. The number of rotatable bonds is 0. The summed E-state index contributed by atoms with van der Waals surface area (Å²) in [5, 5.41) is 8.93. The predicted octanol–water partition coefficient (Wildman–Crippen LogP) is 2.43. The third kappa shape index (κ3) is 19.9. The van der Waals surface area contributed by atoms with E-state index < -0.39 is 0 Å². The zero-order valence-electron chi connectivity index (χ0n) is 9.49. The monoisotopic (exact) mass is 238 g/mol. The summed E-state index contributed by atoms with van der Waals surface area (Å²) in [5.74, 6) is 0. The largest absolute Gasteiger partial charge is 4.00 e. The van der Waals surface area contributed by atoms with Gasteiger partial charge in [0.15, 0.2) is 0 Å². The summed E-state index contributed by atoms with van der Waals surface area (Å²) < 4.78 is 0. The van der Waals surface area contributed by atoms with Crippen molar-refractivity contribution < 1.29 is 26.8 Å². The smallest absolute Gasteiger partial charge is 0.855 e. The van der Waals surface area contributed by atoms with Gasteiger partial charge in [-0.05, 0) is 0 Å². The molecule has 0 unspecified atom stereocenters. The Morgan fingerprint density at radius 2 is 1.40 bits per heavy atom. The van der Waals surface area contributed by atoms with Gasteiger partial charge in [0.2, 0.25) is 0 Å². The van der Waals surface area contributed by atoms with E-state index in [1.165, 1.54) is 0 Å². The van der Waals surface area contributed by atoms with E-state index in [4.69, 9.17) is 5.11 Å². The normalized spacial score (nSPS) is 12.9. The van der Waals surface area contributed by atoms with Crippen LogP contribution in [0.25, 0.3) is 0 Å². The zero-order valence-corrected chi connectivity index (χ0v) is 11.1. The molecule has 0 saturated heterocycles. The molecule has 0 atom stereocenters. The van der Waals surface area contributed by atoms with E-state index in [0.717, 1.165) is 12.8 Å². The van der Waals surface area contributed by atoms with Crippen molar-refractivity contribution in [3.05, 3.63) is 56.0 Å². The van der Waals surface area contributed by atoms with Crippen molar-refractivity contribution in [1.29, 1.82) is 0 Å². The Labute approximate surface area is 109 Å². The summed E-state index contributed by atoms with van der Waals surface area (Å²) in [6.45, 7) is 1.57. The molecule has 2 aliphatic carbocycles. The second-order valence-electron chi connectivity index (χ2n) is 2.29. The van der Waals surface area contributed by atoms with Crippen LogP contribution < -0.4 is 5.11 Å². The Bertz CT molecular complexity index is 161. The molecular weight excluding hydrogens is 220 g/mol. The van der Waals surface area contributed by atoms with Gasteiger partial charge in [0.05, 0.1) is 0 Å². The van der Waals surface area contributed by atoms with Crippen molar-refractivity contribution in [3.8, 4) is 0 Å². The molecule has 0 N–H and O–H groups in total. The standard InChI is InChI=1S/2C5H5.C2H5O.CH3.Ti/c2*1-2-4-5-3-1;1-2-3;;/h2*1-3H,4H2;2H2,1H3;1H3;/q4*-1;+4. The molecule has 80 valence electrons. The second-order valence-corrected chi connectivity index (χ2v) is 2.29. The van der Waals surface area contributed by atoms with E-state index in [9.17, 15) is 0 Å². The van der Waals surface area contributed by atoms with Crippen molar-refractivity contribution in [3.63, 3.8) is 0 Å². The molecule has 0 aromatic rings. The minimum atomic E-state index is 0. The van der Waals surface area contributed by atoms with E-state index in [0.29, 0.717) is 0 Å². The van der Waals surface area contributed by atoms with Gasteiger partial charge in [-0.15, -0.1) is 19.4 Å². The molecule has 0 radical (unpaired) electrons. The summed E-state index contributed by atoms with van der Waals surface area (Å²) in [5.41, 5.74) is 0. The molecule has 0 spiro atoms. The first-order valence-corrected chi connectivity index (χ1v) is 4.43. The second kappa shape index (κ2) is 19.2. The third-order valence-corrected chi connectivity index (χ3v) is 1.17. The number of allylic oxidation sites excluding steroid dienone is 8. The molecule has 0 bridgehead atoms. The molecule has 0 heterocycles. The molecule has 15 heavy (non-hydrogen) atoms. The predicted molar refractivity (Wildman–Crippen MR) is 60.1 cm³/mol. The molecule has 2 aliphatic rings. The minimum absolute atomic E-state index is 0. The van der Waals surface area contributed by atoms with Crippen molar-refractivity contribution >= 4 is 0 Å². The van der Waals surface area contributed by atoms with Crippen molar-refractivity contribution in [2.45, 2.75) is 19.8 Å². The van der Waals surface area contributed by atoms with Crippen LogP contribution in [0.5, 0.6) is 0 Å². The first-order valence-electron chi connectivity index (χ1n) is 4.43. The van der Waals surface area contributed by atoms with Crippen LogP contribution in [-0.4, -0.2) is 6.61 Å². The number of hydrogen-bond donors (Lipinski definition) is 0. The fraction of sp³-hybridized carbons (Fsp3) is 0.308. The van der Waals surface area contributed by atoms with Crippen LogP contribution in [0.2, 0.25) is 0 Å². The Kier molecular flexibility index (Phi) is 25.8. The van der Waals surface area contributed by atoms with Gasteiger partial charge < -0.3 is 12.5 Å². The van der Waals surface area contributed by atoms with E-state index in [1.807, 2.05) is 24.3 Å². The molecular formula is C13H18OTi. The van der Waals surface area contributed by atoms with Crippen LogP contribution in [0.4, 0.5) is 0 Å². The summed E-state index contributed by atoms with van der Waals surface area (Å²) in [6.07, 6.45) is 20.0. The maximum absolute atomic E-state index is 8.93. The van der Waals surface area contributed by atoms with Gasteiger partial charge in [0.25, 0.3) is 0 Å². The summed E-state index contributed by atoms with van der Waals surface area (Å²) in [7, 11) is 0. The minimum Gasteiger partial charge on any atom is -0.855 e. The van der Waals surface area contributed by atoms with Crippen LogP contribution in [0, 0.1) is 19.6 Å². The van der Waals surface area contributed by atoms with Crippen molar-refractivity contribution in [2.75, 3.05) is 6.61 Å². The van der Waals surface area contributed by atoms with Crippen LogP contribution in [0.15, 0.2) is 36.5 Å². The van der Waals surface area contributed by atoms with Crippen molar-refractivity contribution in [1.82, 2.24) is 0 Å². The van der Waals surface area contributed by atoms with Crippen LogP contribution in [0.3, 0.4) is 0 Å². The quantitative estimate of drug-likeness (QED) is 0.469. The van der Waals surface area contributed by atoms with Gasteiger partial charge in [0, 0.05) is 0 Å². The molecule has 0 aromatic carbocycles. The third-order valence-electron chi connectivity index (χ3n) is 1.17. The fourth-order valence-electron chi connectivity index (χ4n) is 0.680. The van der Waals surface area contributed by atoms with Gasteiger partial charge >= 0.3 is 21.7 Å². The SMILES string of the molecule is CC[O-].[C-]1=CC=CC1.[C-]1=CC=CC1.[CH3-].[Ti+4]. The Balaban J connectivity index is -0.000000140. The molecule has 2 heteroatoms. The van der Waals surface area contributed by atoms with Gasteiger partial charge in [-0.1, -0.05) is 6.92 Å². The molecule has 0 amide bonds. The maximum atomic E-state index is 8.93. The molecule has 0 aliphatic heterocycles. The van der Waals surface area contributed by atoms with Gasteiger partial charge in [-0.3, -0.25) is 12.2 Å². The first-order chi connectivity index (χ1) is 6.41. The first kappa shape index (κ1) is 20.1. The van der Waals surface area contributed by atoms with Gasteiger partial charge in [-0.2, -0.15) is 12.2 Å². The molecule has 0 aromatic heterocycles. The maximum Gasteiger partial charge on any atom is 4.00 e. The van der Waals surface area contributed by atoms with Crippen LogP contribution in [-0.2, 0) is 21.7 Å². The van der Waals surface area contributed by atoms with Crippen LogP contribution >= 0.6 is 0 Å². The Morgan fingerprint density at radius 3 is 1.47 bits per heavy atom. The van der Waals surface area contributed by atoms with Crippen LogP contribution in [0.1, 0.15) is 19.8 Å². The fourth-order valence-corrected chi connectivity index (χ4v) is 0.680. The summed E-state index contributed by atoms with van der Waals surface area (Å²) >= 11 is 0. The van der Waals surface area contributed by atoms with Crippen molar-refractivity contribution in [2.24, 2.45) is 0 Å². The average molecular weight is 238 g/mol. The van der Waals surface area contributed by atoms with Gasteiger partial charge in [0.1, 0.15) is 0 Å². The van der Waals surface area contributed by atoms with E-state index in [1.54, 1.807) is 6.92 Å². The average Bonchev–Trinajstić information content (AvgIpc) is 2.85. The Morgan fingerprint density at radius 1 is 1.07 bits per heavy atom. The zero-order chi connectivity index (χ0) is 9.78.